The largest absolute Gasteiger partial charge is 0.353 e. The van der Waals surface area contributed by atoms with E-state index in [0.29, 0.717) is 18.9 Å². The summed E-state index contributed by atoms with van der Waals surface area (Å²) >= 11 is 0. The molecule has 3 N–H and O–H groups in total. The maximum absolute atomic E-state index is 11.7. The van der Waals surface area contributed by atoms with Crippen molar-refractivity contribution in [3.05, 3.63) is 0 Å². The van der Waals surface area contributed by atoms with E-state index >= 15 is 0 Å². The van der Waals surface area contributed by atoms with E-state index in [0.717, 1.165) is 37.2 Å². The van der Waals surface area contributed by atoms with Crippen molar-refractivity contribution in [2.24, 2.45) is 11.7 Å². The van der Waals surface area contributed by atoms with Gasteiger partial charge in [-0.3, -0.25) is 9.00 Å². The Kier molecular flexibility index (Phi) is 6.73. The van der Waals surface area contributed by atoms with Gasteiger partial charge in [0.25, 0.3) is 0 Å². The van der Waals surface area contributed by atoms with Crippen molar-refractivity contribution < 1.29 is 9.00 Å². The van der Waals surface area contributed by atoms with Gasteiger partial charge in [-0.2, -0.15) is 0 Å². The molecule has 0 aromatic carbocycles. The third kappa shape index (κ3) is 6.17. The van der Waals surface area contributed by atoms with Crippen LogP contribution in [0.1, 0.15) is 39.0 Å². The van der Waals surface area contributed by atoms with Crippen LogP contribution in [0.25, 0.3) is 0 Å². The highest BCUT2D eigenvalue weighted by molar-refractivity contribution is 7.85. The Bertz CT molecular complexity index is 261. The van der Waals surface area contributed by atoms with Gasteiger partial charge in [-0.25, -0.2) is 0 Å². The SMILES string of the molecule is CC(CCN)CCC(=O)NC1CCS(=O)CC1. The van der Waals surface area contributed by atoms with E-state index < -0.39 is 10.8 Å². The summed E-state index contributed by atoms with van der Waals surface area (Å²) < 4.78 is 11.2. The summed E-state index contributed by atoms with van der Waals surface area (Å²) in [5.74, 6) is 2.11. The molecule has 1 amide bonds. The van der Waals surface area contributed by atoms with Crippen LogP contribution in [-0.2, 0) is 15.6 Å². The molecule has 1 aliphatic heterocycles. The minimum atomic E-state index is -0.655. The molecule has 0 aliphatic carbocycles. The zero-order valence-electron chi connectivity index (χ0n) is 10.6. The van der Waals surface area contributed by atoms with Gasteiger partial charge in [0.05, 0.1) is 0 Å². The van der Waals surface area contributed by atoms with E-state index in [2.05, 4.69) is 12.2 Å². The summed E-state index contributed by atoms with van der Waals surface area (Å²) in [7, 11) is -0.655. The molecule has 1 heterocycles. The fraction of sp³-hybridized carbons (Fsp3) is 0.917. The van der Waals surface area contributed by atoms with E-state index in [9.17, 15) is 9.00 Å². The van der Waals surface area contributed by atoms with Gasteiger partial charge in [0.15, 0.2) is 0 Å². The quantitative estimate of drug-likeness (QED) is 0.741. The average molecular weight is 260 g/mol. The van der Waals surface area contributed by atoms with E-state index in [-0.39, 0.29) is 11.9 Å². The number of carbonyl (C=O) groups excluding carboxylic acids is 1. The molecule has 1 atom stereocenters. The van der Waals surface area contributed by atoms with E-state index in [4.69, 9.17) is 5.73 Å². The van der Waals surface area contributed by atoms with Crippen molar-refractivity contribution in [3.63, 3.8) is 0 Å². The molecule has 0 saturated carbocycles. The van der Waals surface area contributed by atoms with Crippen LogP contribution in [-0.4, -0.2) is 34.2 Å². The Hall–Kier alpha value is -0.420. The Morgan fingerprint density at radius 1 is 1.41 bits per heavy atom. The van der Waals surface area contributed by atoms with E-state index in [1.54, 1.807) is 0 Å². The first-order chi connectivity index (χ1) is 8.11. The Morgan fingerprint density at radius 2 is 2.06 bits per heavy atom. The molecule has 1 unspecified atom stereocenters. The van der Waals surface area contributed by atoms with Crippen molar-refractivity contribution in [2.75, 3.05) is 18.1 Å². The molecule has 0 spiro atoms. The molecular formula is C12H24N2O2S. The molecule has 1 fully saturated rings. The zero-order valence-corrected chi connectivity index (χ0v) is 11.4. The molecule has 0 bridgehead atoms. The molecule has 5 heteroatoms. The number of nitrogens with one attached hydrogen (secondary N) is 1. The Morgan fingerprint density at radius 3 is 2.65 bits per heavy atom. The van der Waals surface area contributed by atoms with Crippen LogP contribution in [0.2, 0.25) is 0 Å². The van der Waals surface area contributed by atoms with E-state index in [1.807, 2.05) is 0 Å². The van der Waals surface area contributed by atoms with Gasteiger partial charge in [0.1, 0.15) is 0 Å². The molecule has 17 heavy (non-hydrogen) atoms. The van der Waals surface area contributed by atoms with E-state index in [1.165, 1.54) is 0 Å². The Balaban J connectivity index is 2.14. The zero-order chi connectivity index (χ0) is 12.7. The van der Waals surface area contributed by atoms with Crippen LogP contribution < -0.4 is 11.1 Å². The lowest BCUT2D eigenvalue weighted by atomic mass is 10.0. The molecule has 1 aliphatic rings. The van der Waals surface area contributed by atoms with Crippen LogP contribution in [0.4, 0.5) is 0 Å². The van der Waals surface area contributed by atoms with Crippen molar-refractivity contribution in [3.8, 4) is 0 Å². The maximum Gasteiger partial charge on any atom is 0.220 e. The first kappa shape index (κ1) is 14.6. The van der Waals surface area contributed by atoms with Crippen molar-refractivity contribution in [1.82, 2.24) is 5.32 Å². The minimum Gasteiger partial charge on any atom is -0.353 e. The fourth-order valence-corrected chi connectivity index (χ4v) is 3.34. The molecular weight excluding hydrogens is 236 g/mol. The number of carbonyl (C=O) groups is 1. The second kappa shape index (κ2) is 7.82. The first-order valence-electron chi connectivity index (χ1n) is 6.46. The molecule has 1 rings (SSSR count). The second-order valence-electron chi connectivity index (χ2n) is 4.91. The lowest BCUT2D eigenvalue weighted by Crippen LogP contribution is -2.39. The molecule has 1 saturated heterocycles. The second-order valence-corrected chi connectivity index (χ2v) is 6.61. The molecule has 0 radical (unpaired) electrons. The predicted molar refractivity (Wildman–Crippen MR) is 71.1 cm³/mol. The fourth-order valence-electron chi connectivity index (χ4n) is 2.04. The summed E-state index contributed by atoms with van der Waals surface area (Å²) in [5, 5.41) is 3.03. The minimum absolute atomic E-state index is 0.131. The summed E-state index contributed by atoms with van der Waals surface area (Å²) in [5.41, 5.74) is 5.47. The van der Waals surface area contributed by atoms with Crippen molar-refractivity contribution in [1.29, 1.82) is 0 Å². The van der Waals surface area contributed by atoms with Crippen LogP contribution in [0.3, 0.4) is 0 Å². The van der Waals surface area contributed by atoms with Gasteiger partial charge in [0.2, 0.25) is 5.91 Å². The number of amides is 1. The van der Waals surface area contributed by atoms with Crippen LogP contribution in [0, 0.1) is 5.92 Å². The summed E-state index contributed by atoms with van der Waals surface area (Å²) in [6, 6.07) is 0.241. The maximum atomic E-state index is 11.7. The molecule has 100 valence electrons. The predicted octanol–water partition coefficient (Wildman–Crippen LogP) is 0.779. The molecule has 4 nitrogen and oxygen atoms in total. The highest BCUT2D eigenvalue weighted by Crippen LogP contribution is 2.11. The first-order valence-corrected chi connectivity index (χ1v) is 7.95. The third-order valence-corrected chi connectivity index (χ3v) is 4.66. The summed E-state index contributed by atoms with van der Waals surface area (Å²) in [4.78, 5) is 11.7. The topological polar surface area (TPSA) is 72.2 Å². The van der Waals surface area contributed by atoms with Crippen LogP contribution in [0.5, 0.6) is 0 Å². The van der Waals surface area contributed by atoms with Crippen LogP contribution >= 0.6 is 0 Å². The highest BCUT2D eigenvalue weighted by Gasteiger charge is 2.19. The smallest absolute Gasteiger partial charge is 0.220 e. The van der Waals surface area contributed by atoms with Crippen LogP contribution in [0.15, 0.2) is 0 Å². The molecule has 0 aromatic heterocycles. The van der Waals surface area contributed by atoms with Gasteiger partial charge in [0, 0.05) is 34.8 Å². The lowest BCUT2D eigenvalue weighted by Gasteiger charge is -2.22. The monoisotopic (exact) mass is 260 g/mol. The van der Waals surface area contributed by atoms with Gasteiger partial charge in [-0.15, -0.1) is 0 Å². The summed E-state index contributed by atoms with van der Waals surface area (Å²) in [6.45, 7) is 2.82. The number of hydrogen-bond donors (Lipinski definition) is 2. The average Bonchev–Trinajstić information content (AvgIpc) is 2.30. The van der Waals surface area contributed by atoms with Gasteiger partial charge >= 0.3 is 0 Å². The van der Waals surface area contributed by atoms with Crippen molar-refractivity contribution in [2.45, 2.75) is 45.1 Å². The van der Waals surface area contributed by atoms with Gasteiger partial charge in [-0.05, 0) is 38.1 Å². The normalized spacial score (nSPS) is 26.5. The van der Waals surface area contributed by atoms with Gasteiger partial charge < -0.3 is 11.1 Å². The van der Waals surface area contributed by atoms with Gasteiger partial charge in [-0.1, -0.05) is 6.92 Å². The standard InChI is InChI=1S/C12H24N2O2S/c1-10(4-7-13)2-3-12(15)14-11-5-8-17(16)9-6-11/h10-11H,2-9,13H2,1H3,(H,14,15). The number of nitrogens with two attached hydrogens (primary N) is 1. The number of hydrogen-bond acceptors (Lipinski definition) is 3. The Labute approximate surface area is 106 Å². The van der Waals surface area contributed by atoms with Crippen molar-refractivity contribution >= 4 is 16.7 Å². The third-order valence-electron chi connectivity index (χ3n) is 3.28. The number of rotatable bonds is 6. The summed E-state index contributed by atoms with van der Waals surface area (Å²) in [6.07, 6.45) is 4.19. The highest BCUT2D eigenvalue weighted by atomic mass is 32.2. The lowest BCUT2D eigenvalue weighted by molar-refractivity contribution is -0.122. The molecule has 0 aromatic rings.